The van der Waals surface area contributed by atoms with Crippen molar-refractivity contribution in [3.8, 4) is 0 Å². The average molecular weight is 281 g/mol. The molecule has 3 nitrogen and oxygen atoms in total. The van der Waals surface area contributed by atoms with Crippen LogP contribution in [-0.4, -0.2) is 43.5 Å². The molecule has 0 aromatic heterocycles. The first-order valence-corrected chi connectivity index (χ1v) is 7.26. The molecule has 0 saturated heterocycles. The summed E-state index contributed by atoms with van der Waals surface area (Å²) in [6.45, 7) is 8.62. The molecule has 0 heterocycles. The molecule has 0 radical (unpaired) electrons. The van der Waals surface area contributed by atoms with Gasteiger partial charge in [-0.3, -0.25) is 4.90 Å². The molecule has 0 bridgehead atoms. The van der Waals surface area contributed by atoms with E-state index in [4.69, 9.17) is 5.73 Å². The number of benzene rings is 1. The highest BCUT2D eigenvalue weighted by Gasteiger charge is 2.11. The number of nitrogens with two attached hydrogens (primary N) is 1. The number of rotatable bonds is 8. The number of halogens is 1. The Balaban J connectivity index is 2.79. The number of nitrogens with zero attached hydrogens (tertiary/aromatic N) is 2. The summed E-state index contributed by atoms with van der Waals surface area (Å²) >= 11 is 0. The topological polar surface area (TPSA) is 32.5 Å². The second kappa shape index (κ2) is 8.35. The Labute approximate surface area is 122 Å². The Kier molecular flexibility index (Phi) is 7.13. The van der Waals surface area contributed by atoms with Gasteiger partial charge >= 0.3 is 0 Å². The van der Waals surface area contributed by atoms with Gasteiger partial charge in [0, 0.05) is 32.7 Å². The van der Waals surface area contributed by atoms with Crippen LogP contribution in [0.1, 0.15) is 25.0 Å². The Morgan fingerprint density at radius 2 is 1.85 bits per heavy atom. The van der Waals surface area contributed by atoms with E-state index in [2.05, 4.69) is 37.7 Å². The van der Waals surface area contributed by atoms with Crippen LogP contribution in [0.3, 0.4) is 0 Å². The van der Waals surface area contributed by atoms with Crippen LogP contribution in [0.25, 0.3) is 0 Å². The molecule has 1 rings (SSSR count). The Hall–Kier alpha value is -0.970. The predicted molar refractivity (Wildman–Crippen MR) is 83.0 cm³/mol. The van der Waals surface area contributed by atoms with Crippen LogP contribution in [0, 0.1) is 11.7 Å². The van der Waals surface area contributed by atoms with Gasteiger partial charge in [0.2, 0.25) is 0 Å². The summed E-state index contributed by atoms with van der Waals surface area (Å²) in [6, 6.07) is 4.90. The molecule has 0 aliphatic rings. The van der Waals surface area contributed by atoms with Gasteiger partial charge in [-0.1, -0.05) is 19.9 Å². The first kappa shape index (κ1) is 17.1. The third-order valence-electron chi connectivity index (χ3n) is 3.27. The van der Waals surface area contributed by atoms with Crippen molar-refractivity contribution < 1.29 is 4.39 Å². The van der Waals surface area contributed by atoms with E-state index in [-0.39, 0.29) is 5.82 Å². The quantitative estimate of drug-likeness (QED) is 0.793. The molecule has 0 saturated carbocycles. The summed E-state index contributed by atoms with van der Waals surface area (Å²) in [5, 5.41) is 0. The second-order valence-electron chi connectivity index (χ2n) is 6.05. The van der Waals surface area contributed by atoms with Gasteiger partial charge in [-0.15, -0.1) is 0 Å². The molecule has 0 aliphatic heterocycles. The van der Waals surface area contributed by atoms with Crippen molar-refractivity contribution in [3.05, 3.63) is 35.1 Å². The number of hydrogen-bond donors (Lipinski definition) is 1. The zero-order valence-corrected chi connectivity index (χ0v) is 13.2. The molecule has 1 aromatic rings. The zero-order valence-electron chi connectivity index (χ0n) is 13.2. The summed E-state index contributed by atoms with van der Waals surface area (Å²) in [5.41, 5.74) is 7.79. The molecule has 20 heavy (non-hydrogen) atoms. The summed E-state index contributed by atoms with van der Waals surface area (Å²) in [4.78, 5) is 4.54. The van der Waals surface area contributed by atoms with Gasteiger partial charge in [0.05, 0.1) is 0 Å². The van der Waals surface area contributed by atoms with Gasteiger partial charge in [0.25, 0.3) is 0 Å². The molecule has 0 unspecified atom stereocenters. The van der Waals surface area contributed by atoms with Crippen molar-refractivity contribution in [2.45, 2.75) is 26.9 Å². The van der Waals surface area contributed by atoms with Gasteiger partial charge in [0.1, 0.15) is 5.82 Å². The van der Waals surface area contributed by atoms with Crippen molar-refractivity contribution in [1.29, 1.82) is 0 Å². The fourth-order valence-electron chi connectivity index (χ4n) is 2.27. The second-order valence-corrected chi connectivity index (χ2v) is 6.05. The van der Waals surface area contributed by atoms with Crippen molar-refractivity contribution in [2.24, 2.45) is 11.7 Å². The fraction of sp³-hybridized carbons (Fsp3) is 0.625. The largest absolute Gasteiger partial charge is 0.326 e. The van der Waals surface area contributed by atoms with E-state index in [9.17, 15) is 4.39 Å². The van der Waals surface area contributed by atoms with E-state index in [1.165, 1.54) is 6.07 Å². The molecule has 114 valence electrons. The number of likely N-dealkylation sites (N-methyl/N-ethyl adjacent to an activating group) is 1. The first-order chi connectivity index (χ1) is 9.42. The normalized spacial score (nSPS) is 11.8. The molecule has 0 fully saturated rings. The van der Waals surface area contributed by atoms with Crippen molar-refractivity contribution in [1.82, 2.24) is 9.80 Å². The van der Waals surface area contributed by atoms with Gasteiger partial charge in [-0.2, -0.15) is 0 Å². The van der Waals surface area contributed by atoms with Crippen LogP contribution in [-0.2, 0) is 13.1 Å². The van der Waals surface area contributed by atoms with E-state index in [1.807, 2.05) is 0 Å². The lowest BCUT2D eigenvalue weighted by Crippen LogP contribution is -2.34. The van der Waals surface area contributed by atoms with Gasteiger partial charge in [0.15, 0.2) is 0 Å². The van der Waals surface area contributed by atoms with E-state index in [0.29, 0.717) is 12.5 Å². The lowest BCUT2D eigenvalue weighted by Gasteiger charge is -2.26. The minimum Gasteiger partial charge on any atom is -0.326 e. The van der Waals surface area contributed by atoms with Gasteiger partial charge < -0.3 is 10.6 Å². The molecular formula is C16H28FN3. The Morgan fingerprint density at radius 1 is 1.15 bits per heavy atom. The van der Waals surface area contributed by atoms with Gasteiger partial charge in [-0.05, 0) is 43.3 Å². The van der Waals surface area contributed by atoms with E-state index in [0.717, 1.165) is 37.3 Å². The van der Waals surface area contributed by atoms with Crippen molar-refractivity contribution in [3.63, 3.8) is 0 Å². The van der Waals surface area contributed by atoms with Crippen molar-refractivity contribution >= 4 is 0 Å². The summed E-state index contributed by atoms with van der Waals surface area (Å²) in [7, 11) is 4.14. The smallest absolute Gasteiger partial charge is 0.123 e. The van der Waals surface area contributed by atoms with Crippen LogP contribution in [0.4, 0.5) is 4.39 Å². The van der Waals surface area contributed by atoms with Crippen molar-refractivity contribution in [2.75, 3.05) is 33.7 Å². The maximum Gasteiger partial charge on any atom is 0.123 e. The minimum atomic E-state index is -0.186. The lowest BCUT2D eigenvalue weighted by molar-refractivity contribution is 0.211. The van der Waals surface area contributed by atoms with Crippen LogP contribution in [0.5, 0.6) is 0 Å². The Morgan fingerprint density at radius 3 is 2.40 bits per heavy atom. The SMILES string of the molecule is CC(C)CN(CCN(C)C)Cc1cc(F)ccc1CN. The maximum atomic E-state index is 13.4. The summed E-state index contributed by atoms with van der Waals surface area (Å²) in [5.74, 6) is 0.404. The molecule has 2 N–H and O–H groups in total. The van der Waals surface area contributed by atoms with Crippen LogP contribution >= 0.6 is 0 Å². The van der Waals surface area contributed by atoms with Crippen LogP contribution in [0.15, 0.2) is 18.2 Å². The average Bonchev–Trinajstić information content (AvgIpc) is 2.35. The molecule has 0 spiro atoms. The third kappa shape index (κ3) is 5.99. The number of hydrogen-bond acceptors (Lipinski definition) is 3. The molecular weight excluding hydrogens is 253 g/mol. The molecule has 1 aromatic carbocycles. The molecule has 4 heteroatoms. The lowest BCUT2D eigenvalue weighted by atomic mass is 10.1. The van der Waals surface area contributed by atoms with Crippen LogP contribution in [0.2, 0.25) is 0 Å². The summed E-state index contributed by atoms with van der Waals surface area (Å²) < 4.78 is 13.4. The summed E-state index contributed by atoms with van der Waals surface area (Å²) in [6.07, 6.45) is 0. The van der Waals surface area contributed by atoms with E-state index in [1.54, 1.807) is 12.1 Å². The zero-order chi connectivity index (χ0) is 15.1. The predicted octanol–water partition coefficient (Wildman–Crippen LogP) is 2.30. The van der Waals surface area contributed by atoms with Gasteiger partial charge in [-0.25, -0.2) is 4.39 Å². The monoisotopic (exact) mass is 281 g/mol. The first-order valence-electron chi connectivity index (χ1n) is 7.26. The standard InChI is InChI=1S/C16H28FN3/c1-13(2)11-20(8-7-19(3)4)12-15-9-16(17)6-5-14(15)10-18/h5-6,9,13H,7-8,10-12,18H2,1-4H3. The molecule has 0 amide bonds. The maximum absolute atomic E-state index is 13.4. The third-order valence-corrected chi connectivity index (χ3v) is 3.27. The highest BCUT2D eigenvalue weighted by atomic mass is 19.1. The highest BCUT2D eigenvalue weighted by molar-refractivity contribution is 5.27. The van der Waals surface area contributed by atoms with E-state index >= 15 is 0 Å². The molecule has 0 aliphatic carbocycles. The minimum absolute atomic E-state index is 0.186. The Bertz CT molecular complexity index is 405. The van der Waals surface area contributed by atoms with Crippen LogP contribution < -0.4 is 5.73 Å². The van der Waals surface area contributed by atoms with E-state index < -0.39 is 0 Å². The molecule has 0 atom stereocenters. The fourth-order valence-corrected chi connectivity index (χ4v) is 2.27. The highest BCUT2D eigenvalue weighted by Crippen LogP contribution is 2.14.